The van der Waals surface area contributed by atoms with E-state index in [9.17, 15) is 32.6 Å². The number of anilines is 1. The predicted molar refractivity (Wildman–Crippen MR) is 247 cm³/mol. The Balaban J connectivity index is 0.757. The minimum atomic E-state index is -1.37. The number of hydrogen-bond donors (Lipinski definition) is 5. The lowest BCUT2D eigenvalue weighted by Crippen LogP contribution is -2.52. The molecule has 67 heavy (non-hydrogen) atoms. The highest BCUT2D eigenvalue weighted by Gasteiger charge is 2.39. The number of halogens is 2. The van der Waals surface area contributed by atoms with E-state index < -0.39 is 28.7 Å². The van der Waals surface area contributed by atoms with Gasteiger partial charge in [-0.15, -0.1) is 0 Å². The van der Waals surface area contributed by atoms with E-state index >= 15 is 0 Å². The minimum Gasteiger partial charge on any atom is -0.484 e. The second kappa shape index (κ2) is 23.3. The molecular weight excluding hydrogens is 909 g/mol. The van der Waals surface area contributed by atoms with E-state index in [1.807, 2.05) is 0 Å². The fourth-order valence-electron chi connectivity index (χ4n) is 7.37. The summed E-state index contributed by atoms with van der Waals surface area (Å²) < 4.78 is 48.9. The van der Waals surface area contributed by atoms with Crippen LogP contribution < -0.4 is 26.4 Å². The number of aryl methyl sites for hydroxylation is 1. The van der Waals surface area contributed by atoms with Gasteiger partial charge >= 0.3 is 0 Å². The van der Waals surface area contributed by atoms with Crippen LogP contribution in [0.1, 0.15) is 46.3 Å². The van der Waals surface area contributed by atoms with Gasteiger partial charge in [-0.2, -0.15) is 0 Å². The second-order valence-electron chi connectivity index (χ2n) is 15.5. The number of hydrogen-bond acceptors (Lipinski definition) is 12. The zero-order valence-corrected chi connectivity index (χ0v) is 37.9. The number of aromatic nitrogens is 2. The summed E-state index contributed by atoms with van der Waals surface area (Å²) >= 11 is 6.11. The molecule has 6 N–H and O–H groups in total. The van der Waals surface area contributed by atoms with Gasteiger partial charge in [-0.05, 0) is 96.6 Å². The number of amides is 5. The van der Waals surface area contributed by atoms with Crippen molar-refractivity contribution in [2.45, 2.75) is 43.2 Å². The van der Waals surface area contributed by atoms with Crippen molar-refractivity contribution in [1.82, 2.24) is 25.5 Å². The Morgan fingerprint density at radius 1 is 0.910 bits per heavy atom. The normalized spacial score (nSPS) is 15.5. The van der Waals surface area contributed by atoms with Gasteiger partial charge in [0.2, 0.25) is 17.8 Å². The summed E-state index contributed by atoms with van der Waals surface area (Å²) in [5.74, 6) is -1.42. The molecular formula is C47H49ClFN7O10S. The van der Waals surface area contributed by atoms with Gasteiger partial charge in [0, 0.05) is 46.3 Å². The fraction of sp³-hybridized carbons (Fsp3) is 0.319. The van der Waals surface area contributed by atoms with Gasteiger partial charge in [0.15, 0.2) is 6.61 Å². The molecule has 1 aromatic heterocycles. The first-order valence-electron chi connectivity index (χ1n) is 21.5. The Labute approximate surface area is 392 Å². The first-order valence-corrected chi connectivity index (χ1v) is 23.2. The van der Waals surface area contributed by atoms with Crippen LogP contribution in [0.2, 0.25) is 5.02 Å². The molecule has 4 aromatic carbocycles. The minimum absolute atomic E-state index is 0.169. The van der Waals surface area contributed by atoms with Gasteiger partial charge in [0.05, 0.1) is 67.2 Å². The number of nitrogens with two attached hydrogens (primary N) is 1. The Kier molecular flexibility index (Phi) is 16.8. The van der Waals surface area contributed by atoms with Crippen LogP contribution in [0, 0.1) is 5.82 Å². The summed E-state index contributed by atoms with van der Waals surface area (Å²) in [6.07, 6.45) is 1.11. The van der Waals surface area contributed by atoms with E-state index in [4.69, 9.17) is 36.3 Å². The highest BCUT2D eigenvalue weighted by Crippen LogP contribution is 2.30. The smallest absolute Gasteiger partial charge is 0.258 e. The highest BCUT2D eigenvalue weighted by atomic mass is 35.5. The molecule has 0 spiro atoms. The van der Waals surface area contributed by atoms with Gasteiger partial charge < -0.3 is 39.9 Å². The van der Waals surface area contributed by atoms with Gasteiger partial charge in [-0.3, -0.25) is 38.8 Å². The molecule has 0 saturated carbocycles. The molecule has 2 aliphatic rings. The topological polar surface area (TPSA) is 233 Å². The zero-order chi connectivity index (χ0) is 47.3. The van der Waals surface area contributed by atoms with Crippen LogP contribution in [0.15, 0.2) is 95.4 Å². The Morgan fingerprint density at radius 3 is 2.39 bits per heavy atom. The second-order valence-corrected chi connectivity index (χ2v) is 17.5. The van der Waals surface area contributed by atoms with Crippen molar-refractivity contribution >= 4 is 74.6 Å². The molecule has 7 rings (SSSR count). The Bertz CT molecular complexity index is 2660. The van der Waals surface area contributed by atoms with Gasteiger partial charge in [0.1, 0.15) is 17.6 Å². The number of aromatic amines is 1. The zero-order valence-electron chi connectivity index (χ0n) is 36.3. The van der Waals surface area contributed by atoms with Crippen molar-refractivity contribution < 1.29 is 51.5 Å². The standard InChI is InChI=1S/C47H49ClFN7O10S/c48-32-6-14-38-39(26-32)53-47(52-38)55-44(59)37(12-3-29-1-7-33(49)8-2-29)43(50)30-4-10-35(11-5-30)67(62)24-23-65-22-21-64-20-19-63-18-17-51-42(58)28-66-34-9-13-36-31(25-34)27-56(46(36)61)40-15-16-41(57)54-45(40)60/h1-2,4-11,13-14,25-26,40H,3,12,15-24,27-28,50H2,(H,51,58)(H,54,57,60)(H2,52,53,55,59)/b43-37-. The molecule has 1 fully saturated rings. The highest BCUT2D eigenvalue weighted by molar-refractivity contribution is 7.85. The van der Waals surface area contributed by atoms with Crippen LogP contribution in [0.5, 0.6) is 5.75 Å². The molecule has 0 radical (unpaired) electrons. The number of nitrogens with zero attached hydrogens (tertiary/aromatic N) is 2. The lowest BCUT2D eigenvalue weighted by atomic mass is 9.99. The predicted octanol–water partition coefficient (Wildman–Crippen LogP) is 4.41. The number of imidazole rings is 1. The number of carbonyl (C=O) groups excluding carboxylic acids is 5. The van der Waals surface area contributed by atoms with E-state index in [2.05, 4.69) is 25.9 Å². The largest absolute Gasteiger partial charge is 0.484 e. The average Bonchev–Trinajstić information content (AvgIpc) is 3.87. The molecule has 5 aromatic rings. The lowest BCUT2D eigenvalue weighted by molar-refractivity contribution is -0.137. The molecule has 352 valence electrons. The summed E-state index contributed by atoms with van der Waals surface area (Å²) in [4.78, 5) is 72.1. The average molecular weight is 958 g/mol. The van der Waals surface area contributed by atoms with Crippen LogP contribution in [-0.4, -0.2) is 113 Å². The number of fused-ring (bicyclic) bond motifs is 2. The summed E-state index contributed by atoms with van der Waals surface area (Å²) in [5.41, 5.74) is 10.9. The van der Waals surface area contributed by atoms with E-state index in [1.54, 1.807) is 72.8 Å². The van der Waals surface area contributed by atoms with Crippen LogP contribution in [0.25, 0.3) is 16.7 Å². The van der Waals surface area contributed by atoms with Crippen LogP contribution in [0.4, 0.5) is 10.3 Å². The molecule has 1 saturated heterocycles. The molecule has 3 heterocycles. The number of carbonyl (C=O) groups is 5. The first-order chi connectivity index (χ1) is 32.4. The summed E-state index contributed by atoms with van der Waals surface area (Å²) in [5, 5.41) is 8.30. The summed E-state index contributed by atoms with van der Waals surface area (Å²) in [7, 11) is -1.37. The Morgan fingerprint density at radius 2 is 1.64 bits per heavy atom. The molecule has 0 aliphatic carbocycles. The van der Waals surface area contributed by atoms with E-state index in [0.29, 0.717) is 75.2 Å². The number of ether oxygens (including phenoxy) is 4. The fourth-order valence-corrected chi connectivity index (χ4v) is 8.49. The van der Waals surface area contributed by atoms with Crippen LogP contribution >= 0.6 is 11.6 Å². The van der Waals surface area contributed by atoms with E-state index in [-0.39, 0.29) is 99.7 Å². The molecule has 2 aliphatic heterocycles. The quantitative estimate of drug-likeness (QED) is 0.0348. The van der Waals surface area contributed by atoms with Crippen LogP contribution in [-0.2, 0) is 57.2 Å². The van der Waals surface area contributed by atoms with Crippen molar-refractivity contribution in [3.8, 4) is 5.75 Å². The summed E-state index contributed by atoms with van der Waals surface area (Å²) in [6.45, 7) is 1.91. The maximum atomic E-state index is 13.6. The number of rotatable bonds is 23. The number of imide groups is 1. The number of nitrogens with one attached hydrogen (secondary N) is 4. The summed E-state index contributed by atoms with van der Waals surface area (Å²) in [6, 6.07) is 22.1. The molecule has 20 heteroatoms. The van der Waals surface area contributed by atoms with Gasteiger partial charge in [-0.1, -0.05) is 35.9 Å². The Hall–Kier alpha value is -6.51. The van der Waals surface area contributed by atoms with Crippen molar-refractivity contribution in [3.05, 3.63) is 124 Å². The number of piperidine rings is 1. The van der Waals surface area contributed by atoms with E-state index in [1.165, 1.54) is 17.0 Å². The first kappa shape index (κ1) is 48.4. The molecule has 2 atom stereocenters. The van der Waals surface area contributed by atoms with E-state index in [0.717, 1.165) is 5.56 Å². The molecule has 0 bridgehead atoms. The number of H-pyrrole nitrogens is 1. The van der Waals surface area contributed by atoms with Crippen molar-refractivity contribution in [2.24, 2.45) is 5.73 Å². The maximum Gasteiger partial charge on any atom is 0.258 e. The third-order valence-electron chi connectivity index (χ3n) is 10.9. The lowest BCUT2D eigenvalue weighted by Gasteiger charge is -2.29. The molecule has 2 unspecified atom stereocenters. The third kappa shape index (κ3) is 13.3. The van der Waals surface area contributed by atoms with Gasteiger partial charge in [0.25, 0.3) is 17.7 Å². The monoisotopic (exact) mass is 957 g/mol. The molecule has 17 nitrogen and oxygen atoms in total. The number of benzene rings is 4. The molecule has 5 amide bonds. The van der Waals surface area contributed by atoms with Crippen LogP contribution in [0.3, 0.4) is 0 Å². The van der Waals surface area contributed by atoms with Crippen molar-refractivity contribution in [1.29, 1.82) is 0 Å². The third-order valence-corrected chi connectivity index (χ3v) is 12.4. The van der Waals surface area contributed by atoms with Gasteiger partial charge in [-0.25, -0.2) is 9.37 Å². The maximum absolute atomic E-state index is 13.6. The van der Waals surface area contributed by atoms with Crippen molar-refractivity contribution in [2.75, 3.05) is 63.9 Å². The SMILES string of the molecule is N/C(=C(/CCc1ccc(F)cc1)C(=O)Nc1nc2ccc(Cl)cc2[nH]1)c1ccc(S(=O)CCOCCOCCOCCNC(=O)COc2ccc3c(c2)CN(C2CCC(=O)NC2=O)C3=O)cc1. The van der Waals surface area contributed by atoms with Crippen molar-refractivity contribution in [3.63, 3.8) is 0 Å².